The number of amides is 1. The van der Waals surface area contributed by atoms with Crippen molar-refractivity contribution in [3.8, 4) is 5.69 Å². The van der Waals surface area contributed by atoms with Gasteiger partial charge in [0.1, 0.15) is 5.82 Å². The lowest BCUT2D eigenvalue weighted by atomic mass is 10.0. The van der Waals surface area contributed by atoms with Crippen molar-refractivity contribution in [3.63, 3.8) is 0 Å². The van der Waals surface area contributed by atoms with E-state index in [1.807, 2.05) is 15.8 Å². The number of anilines is 1. The van der Waals surface area contributed by atoms with Crippen molar-refractivity contribution in [2.75, 3.05) is 50.7 Å². The van der Waals surface area contributed by atoms with Gasteiger partial charge in [-0.1, -0.05) is 23.8 Å². The Morgan fingerprint density at radius 2 is 1.65 bits per heavy atom. The van der Waals surface area contributed by atoms with Crippen LogP contribution in [0.1, 0.15) is 17.5 Å². The van der Waals surface area contributed by atoms with E-state index in [2.05, 4.69) is 58.4 Å². The van der Waals surface area contributed by atoms with Gasteiger partial charge in [-0.2, -0.15) is 5.10 Å². The minimum Gasteiger partial charge on any atom is -0.368 e. The molecular formula is C27H30FN5O. The van der Waals surface area contributed by atoms with Crippen molar-refractivity contribution in [2.45, 2.75) is 13.3 Å². The Kier molecular flexibility index (Phi) is 6.45. The molecule has 6 nitrogen and oxygen atoms in total. The molecule has 0 saturated carbocycles. The summed E-state index contributed by atoms with van der Waals surface area (Å²) < 4.78 is 15.1. The zero-order valence-corrected chi connectivity index (χ0v) is 19.5. The third-order valence-corrected chi connectivity index (χ3v) is 6.73. The molecule has 5 rings (SSSR count). The molecule has 0 bridgehead atoms. The van der Waals surface area contributed by atoms with Crippen molar-refractivity contribution in [1.82, 2.24) is 19.6 Å². The number of benzene rings is 2. The molecule has 1 fully saturated rings. The van der Waals surface area contributed by atoms with Crippen LogP contribution in [0.3, 0.4) is 0 Å². The van der Waals surface area contributed by atoms with Gasteiger partial charge in [0.05, 0.1) is 18.4 Å². The van der Waals surface area contributed by atoms with E-state index in [1.165, 1.54) is 23.3 Å². The molecule has 3 heterocycles. The van der Waals surface area contributed by atoms with Crippen LogP contribution in [0.5, 0.6) is 0 Å². The highest BCUT2D eigenvalue weighted by atomic mass is 19.1. The quantitative estimate of drug-likeness (QED) is 0.583. The molecule has 0 aliphatic carbocycles. The van der Waals surface area contributed by atoms with Gasteiger partial charge in [0.25, 0.3) is 0 Å². The number of piperazine rings is 1. The van der Waals surface area contributed by atoms with E-state index in [1.54, 1.807) is 12.1 Å². The normalized spacial score (nSPS) is 17.1. The van der Waals surface area contributed by atoms with Crippen LogP contribution in [0, 0.1) is 12.7 Å². The van der Waals surface area contributed by atoms with E-state index >= 15 is 0 Å². The summed E-state index contributed by atoms with van der Waals surface area (Å²) in [6.07, 6.45) is 7.13. The van der Waals surface area contributed by atoms with Crippen LogP contribution >= 0.6 is 0 Å². The Balaban J connectivity index is 1.12. The first-order valence-electron chi connectivity index (χ1n) is 11.9. The monoisotopic (exact) mass is 459 g/mol. The fourth-order valence-corrected chi connectivity index (χ4v) is 4.60. The van der Waals surface area contributed by atoms with Gasteiger partial charge >= 0.3 is 0 Å². The Labute approximate surface area is 199 Å². The second kappa shape index (κ2) is 9.81. The van der Waals surface area contributed by atoms with Gasteiger partial charge in [-0.25, -0.2) is 9.07 Å². The lowest BCUT2D eigenvalue weighted by Crippen LogP contribution is -2.51. The van der Waals surface area contributed by atoms with Crippen molar-refractivity contribution >= 4 is 17.2 Å². The summed E-state index contributed by atoms with van der Waals surface area (Å²) in [5.74, 6) is -0.0424. The topological polar surface area (TPSA) is 44.6 Å². The third kappa shape index (κ3) is 5.04. The van der Waals surface area contributed by atoms with E-state index in [0.717, 1.165) is 49.5 Å². The lowest BCUT2D eigenvalue weighted by Gasteiger charge is -2.37. The van der Waals surface area contributed by atoms with Gasteiger partial charge in [-0.3, -0.25) is 9.69 Å². The summed E-state index contributed by atoms with van der Waals surface area (Å²) in [6, 6.07) is 14.9. The maximum atomic E-state index is 13.2. The van der Waals surface area contributed by atoms with Crippen LogP contribution < -0.4 is 4.90 Å². The second-order valence-corrected chi connectivity index (χ2v) is 9.07. The van der Waals surface area contributed by atoms with Crippen molar-refractivity contribution in [3.05, 3.63) is 83.9 Å². The smallest absolute Gasteiger partial charge is 0.236 e. The number of rotatable bonds is 5. The summed E-state index contributed by atoms with van der Waals surface area (Å²) >= 11 is 0. The van der Waals surface area contributed by atoms with Gasteiger partial charge in [-0.15, -0.1) is 0 Å². The molecule has 0 unspecified atom stereocenters. The highest BCUT2D eigenvalue weighted by molar-refractivity contribution is 5.79. The molecule has 176 valence electrons. The fraction of sp³-hybridized carbons (Fsp3) is 0.333. The van der Waals surface area contributed by atoms with E-state index in [4.69, 9.17) is 0 Å². The molecule has 0 spiro atoms. The highest BCUT2D eigenvalue weighted by Gasteiger charge is 2.24. The van der Waals surface area contributed by atoms with Crippen LogP contribution in [0.4, 0.5) is 10.1 Å². The Hall–Kier alpha value is -3.45. The Morgan fingerprint density at radius 1 is 0.941 bits per heavy atom. The molecule has 0 radical (unpaired) electrons. The molecule has 34 heavy (non-hydrogen) atoms. The zero-order valence-electron chi connectivity index (χ0n) is 19.5. The maximum absolute atomic E-state index is 13.2. The van der Waals surface area contributed by atoms with Crippen LogP contribution in [-0.2, 0) is 4.79 Å². The van der Waals surface area contributed by atoms with Gasteiger partial charge < -0.3 is 9.80 Å². The molecule has 2 aromatic carbocycles. The number of hydrogen-bond acceptors (Lipinski definition) is 4. The summed E-state index contributed by atoms with van der Waals surface area (Å²) in [5.41, 5.74) is 5.72. The second-order valence-electron chi connectivity index (χ2n) is 9.07. The molecule has 7 heteroatoms. The number of halogens is 1. The number of aromatic nitrogens is 2. The minimum atomic E-state index is -0.226. The SMILES string of the molecule is Cc1ccc(-n2cc(C3=CCN(CC(=O)N4CCN(c5ccc(F)cc5)CC4)CC3)cn2)cc1. The van der Waals surface area contributed by atoms with Gasteiger partial charge in [-0.05, 0) is 55.3 Å². The molecular weight excluding hydrogens is 429 g/mol. The van der Waals surface area contributed by atoms with Gasteiger partial charge in [0, 0.05) is 56.7 Å². The number of nitrogens with zero attached hydrogens (tertiary/aromatic N) is 5. The molecule has 0 atom stereocenters. The third-order valence-electron chi connectivity index (χ3n) is 6.73. The van der Waals surface area contributed by atoms with Crippen molar-refractivity contribution < 1.29 is 9.18 Å². The van der Waals surface area contributed by atoms with Crippen molar-refractivity contribution in [1.29, 1.82) is 0 Å². The van der Waals surface area contributed by atoms with Crippen LogP contribution in [0.25, 0.3) is 11.3 Å². The largest absolute Gasteiger partial charge is 0.368 e. The molecule has 2 aliphatic rings. The van der Waals surface area contributed by atoms with E-state index in [-0.39, 0.29) is 11.7 Å². The van der Waals surface area contributed by atoms with Gasteiger partial charge in [0.15, 0.2) is 0 Å². The summed E-state index contributed by atoms with van der Waals surface area (Å²) in [4.78, 5) is 19.2. The first-order chi connectivity index (χ1) is 16.5. The van der Waals surface area contributed by atoms with Crippen molar-refractivity contribution in [2.24, 2.45) is 0 Å². The first-order valence-corrected chi connectivity index (χ1v) is 11.9. The Morgan fingerprint density at radius 3 is 2.32 bits per heavy atom. The summed E-state index contributed by atoms with van der Waals surface area (Å²) in [6.45, 7) is 7.10. The lowest BCUT2D eigenvalue weighted by molar-refractivity contribution is -0.132. The van der Waals surface area contributed by atoms with E-state index < -0.39 is 0 Å². The fourth-order valence-electron chi connectivity index (χ4n) is 4.60. The highest BCUT2D eigenvalue weighted by Crippen LogP contribution is 2.23. The molecule has 1 saturated heterocycles. The average molecular weight is 460 g/mol. The minimum absolute atomic E-state index is 0.183. The number of hydrogen-bond donors (Lipinski definition) is 0. The molecule has 3 aromatic rings. The summed E-state index contributed by atoms with van der Waals surface area (Å²) in [5, 5.41) is 4.53. The van der Waals surface area contributed by atoms with E-state index in [9.17, 15) is 9.18 Å². The number of carbonyl (C=O) groups excluding carboxylic acids is 1. The zero-order chi connectivity index (χ0) is 23.5. The number of aryl methyl sites for hydroxylation is 1. The standard InChI is InChI=1S/C27H30FN5O/c1-21-2-6-26(7-3-21)33-19-23(18-29-33)22-10-12-30(13-11-22)20-27(34)32-16-14-31(15-17-32)25-8-4-24(28)5-9-25/h2-10,18-19H,11-17,20H2,1H3. The van der Waals surface area contributed by atoms with Gasteiger partial charge in [0.2, 0.25) is 5.91 Å². The molecule has 1 amide bonds. The predicted molar refractivity (Wildman–Crippen MR) is 133 cm³/mol. The Bertz CT molecular complexity index is 1160. The first kappa shape index (κ1) is 22.3. The van der Waals surface area contributed by atoms with Crippen LogP contribution in [-0.4, -0.2) is 71.3 Å². The van der Waals surface area contributed by atoms with Crippen LogP contribution in [0.2, 0.25) is 0 Å². The molecule has 1 aromatic heterocycles. The average Bonchev–Trinajstić information content (AvgIpc) is 3.36. The molecule has 0 N–H and O–H groups in total. The maximum Gasteiger partial charge on any atom is 0.236 e. The van der Waals surface area contributed by atoms with Crippen LogP contribution in [0.15, 0.2) is 67.0 Å². The molecule has 2 aliphatic heterocycles. The predicted octanol–water partition coefficient (Wildman–Crippen LogP) is 3.76. The number of carbonyl (C=O) groups is 1. The van der Waals surface area contributed by atoms with E-state index in [0.29, 0.717) is 19.6 Å². The summed E-state index contributed by atoms with van der Waals surface area (Å²) in [7, 11) is 0.